The van der Waals surface area contributed by atoms with E-state index in [1.807, 2.05) is 0 Å². The van der Waals surface area contributed by atoms with Crippen LogP contribution in [0.3, 0.4) is 0 Å². The summed E-state index contributed by atoms with van der Waals surface area (Å²) < 4.78 is 0. The molecule has 24 heavy (non-hydrogen) atoms. The highest BCUT2D eigenvalue weighted by Gasteiger charge is 2.47. The van der Waals surface area contributed by atoms with Gasteiger partial charge in [0, 0.05) is 19.6 Å². The molecule has 1 atom stereocenters. The molecule has 0 radical (unpaired) electrons. The zero-order valence-electron chi connectivity index (χ0n) is 13.3. The van der Waals surface area contributed by atoms with Gasteiger partial charge in [-0.1, -0.05) is 0 Å². The average molecular weight is 346 g/mol. The van der Waals surface area contributed by atoms with E-state index in [4.69, 9.17) is 0 Å². The van der Waals surface area contributed by atoms with E-state index < -0.39 is 5.41 Å². The maximum Gasteiger partial charge on any atom is 0.264 e. The van der Waals surface area contributed by atoms with Gasteiger partial charge in [-0.05, 0) is 31.7 Å². The van der Waals surface area contributed by atoms with Crippen molar-refractivity contribution in [3.8, 4) is 0 Å². The number of hydrogen-bond donors (Lipinski definition) is 2. The van der Waals surface area contributed by atoms with Crippen LogP contribution in [0.25, 0.3) is 10.2 Å². The second-order valence-corrected chi connectivity index (χ2v) is 7.58. The number of aryl methyl sites for hydroxylation is 1. The molecule has 1 spiro atoms. The molecule has 0 aliphatic carbocycles. The van der Waals surface area contributed by atoms with Crippen molar-refractivity contribution >= 4 is 33.4 Å². The largest absolute Gasteiger partial charge is 0.356 e. The van der Waals surface area contributed by atoms with Gasteiger partial charge in [0.15, 0.2) is 0 Å². The second-order valence-electron chi connectivity index (χ2n) is 6.58. The quantitative estimate of drug-likeness (QED) is 0.806. The molecule has 2 fully saturated rings. The van der Waals surface area contributed by atoms with Crippen molar-refractivity contribution in [3.63, 3.8) is 0 Å². The van der Waals surface area contributed by atoms with Crippen LogP contribution in [0.2, 0.25) is 0 Å². The van der Waals surface area contributed by atoms with Gasteiger partial charge in [0.25, 0.3) is 11.5 Å². The van der Waals surface area contributed by atoms with E-state index in [-0.39, 0.29) is 17.4 Å². The third kappa shape index (κ3) is 2.16. The Morgan fingerprint density at radius 1 is 1.38 bits per heavy atom. The number of likely N-dealkylation sites (tertiary alicyclic amines) is 1. The summed E-state index contributed by atoms with van der Waals surface area (Å²) in [4.78, 5) is 46.8. The number of carbonyl (C=O) groups excluding carboxylic acids is 2. The van der Waals surface area contributed by atoms with Crippen LogP contribution in [-0.4, -0.2) is 46.3 Å². The zero-order valence-corrected chi connectivity index (χ0v) is 14.2. The van der Waals surface area contributed by atoms with E-state index in [9.17, 15) is 14.4 Å². The molecule has 2 N–H and O–H groups in total. The van der Waals surface area contributed by atoms with E-state index in [0.717, 1.165) is 19.4 Å². The van der Waals surface area contributed by atoms with Gasteiger partial charge in [-0.15, -0.1) is 11.3 Å². The minimum Gasteiger partial charge on any atom is -0.356 e. The third-order valence-corrected chi connectivity index (χ3v) is 6.36. The van der Waals surface area contributed by atoms with Gasteiger partial charge in [-0.25, -0.2) is 4.98 Å². The van der Waals surface area contributed by atoms with Crippen molar-refractivity contribution in [1.82, 2.24) is 20.2 Å². The highest BCUT2D eigenvalue weighted by atomic mass is 32.1. The molecule has 0 aromatic carbocycles. The summed E-state index contributed by atoms with van der Waals surface area (Å²) in [7, 11) is 0. The van der Waals surface area contributed by atoms with Crippen molar-refractivity contribution in [2.45, 2.75) is 26.2 Å². The lowest BCUT2D eigenvalue weighted by atomic mass is 9.79. The van der Waals surface area contributed by atoms with Crippen molar-refractivity contribution in [2.24, 2.45) is 5.41 Å². The fourth-order valence-corrected chi connectivity index (χ4v) is 4.91. The smallest absolute Gasteiger partial charge is 0.264 e. The molecule has 8 heteroatoms. The number of aromatic amines is 1. The van der Waals surface area contributed by atoms with Crippen LogP contribution in [0.1, 0.15) is 34.5 Å². The topological polar surface area (TPSA) is 95.2 Å². The summed E-state index contributed by atoms with van der Waals surface area (Å²) in [6, 6.07) is 0. The molecule has 7 nitrogen and oxygen atoms in total. The fourth-order valence-electron chi connectivity index (χ4n) is 3.79. The first-order valence-corrected chi connectivity index (χ1v) is 8.88. The first-order chi connectivity index (χ1) is 11.5. The lowest BCUT2D eigenvalue weighted by molar-refractivity contribution is -0.132. The molecule has 0 bridgehead atoms. The highest BCUT2D eigenvalue weighted by Crippen LogP contribution is 2.39. The molecule has 2 amide bonds. The predicted molar refractivity (Wildman–Crippen MR) is 90.2 cm³/mol. The molecule has 126 valence electrons. The SMILES string of the molecule is Cc1c(C(=O)N2CC[C@@]3(CCCNC3=O)C2)sc2nc[nH]c(=O)c12. The maximum atomic E-state index is 12.9. The minimum atomic E-state index is -0.436. The summed E-state index contributed by atoms with van der Waals surface area (Å²) in [6.07, 6.45) is 3.84. The number of nitrogens with one attached hydrogen (secondary N) is 2. The number of nitrogens with zero attached hydrogens (tertiary/aromatic N) is 2. The number of hydrogen-bond acceptors (Lipinski definition) is 5. The summed E-state index contributed by atoms with van der Waals surface area (Å²) in [5.74, 6) is -0.0413. The zero-order chi connectivity index (χ0) is 16.9. The standard InChI is InChI=1S/C16H18N4O3S/c1-9-10-12(21)18-8-19-13(10)24-11(9)14(22)20-6-4-16(7-20)3-2-5-17-15(16)23/h8H,2-7H2,1H3,(H,17,23)(H,18,19,21)/t16-/m0/s1. The first kappa shape index (κ1) is 15.3. The number of fused-ring (bicyclic) bond motifs is 1. The lowest BCUT2D eigenvalue weighted by Gasteiger charge is -2.32. The van der Waals surface area contributed by atoms with E-state index >= 15 is 0 Å². The van der Waals surface area contributed by atoms with Gasteiger partial charge in [0.05, 0.1) is 22.0 Å². The summed E-state index contributed by atoms with van der Waals surface area (Å²) in [5.41, 5.74) is 0.00884. The first-order valence-electron chi connectivity index (χ1n) is 8.06. The molecule has 2 aromatic heterocycles. The average Bonchev–Trinajstić information content (AvgIpc) is 3.14. The molecule has 2 aromatic rings. The summed E-state index contributed by atoms with van der Waals surface area (Å²) in [5, 5.41) is 3.41. The molecular formula is C16H18N4O3S. The molecule has 0 unspecified atom stereocenters. The van der Waals surface area contributed by atoms with Gasteiger partial charge in [0.1, 0.15) is 4.83 Å². The monoisotopic (exact) mass is 346 g/mol. The van der Waals surface area contributed by atoms with Gasteiger partial charge < -0.3 is 15.2 Å². The van der Waals surface area contributed by atoms with Crippen molar-refractivity contribution in [2.75, 3.05) is 19.6 Å². The Hall–Kier alpha value is -2.22. The Morgan fingerprint density at radius 3 is 2.96 bits per heavy atom. The van der Waals surface area contributed by atoms with Gasteiger partial charge in [0.2, 0.25) is 5.91 Å². The Labute approximate surface area is 142 Å². The molecule has 0 saturated carbocycles. The number of carbonyl (C=O) groups is 2. The minimum absolute atomic E-state index is 0.0650. The van der Waals surface area contributed by atoms with E-state index in [2.05, 4.69) is 15.3 Å². The van der Waals surface area contributed by atoms with Crippen LogP contribution in [-0.2, 0) is 4.79 Å². The normalized spacial score (nSPS) is 23.9. The van der Waals surface area contributed by atoms with Gasteiger partial charge in [-0.2, -0.15) is 0 Å². The lowest BCUT2D eigenvalue weighted by Crippen LogP contribution is -2.47. The van der Waals surface area contributed by atoms with E-state index in [1.165, 1.54) is 17.7 Å². The Balaban J connectivity index is 1.66. The van der Waals surface area contributed by atoms with Crippen LogP contribution in [0, 0.1) is 12.3 Å². The molecular weight excluding hydrogens is 328 g/mol. The van der Waals surface area contributed by atoms with E-state index in [0.29, 0.717) is 40.2 Å². The second kappa shape index (κ2) is 5.41. The molecule has 2 aliphatic heterocycles. The van der Waals surface area contributed by atoms with Gasteiger partial charge in [-0.3, -0.25) is 14.4 Å². The molecule has 4 heterocycles. The summed E-state index contributed by atoms with van der Waals surface area (Å²) in [6.45, 7) is 3.53. The van der Waals surface area contributed by atoms with Crippen LogP contribution in [0.5, 0.6) is 0 Å². The number of H-pyrrole nitrogens is 1. The molecule has 2 aliphatic rings. The molecule has 4 rings (SSSR count). The van der Waals surface area contributed by atoms with E-state index in [1.54, 1.807) is 11.8 Å². The number of rotatable bonds is 1. The van der Waals surface area contributed by atoms with Gasteiger partial charge >= 0.3 is 0 Å². The van der Waals surface area contributed by atoms with Crippen molar-refractivity contribution in [3.05, 3.63) is 27.1 Å². The highest BCUT2D eigenvalue weighted by molar-refractivity contribution is 7.20. The van der Waals surface area contributed by atoms with Crippen LogP contribution in [0.15, 0.2) is 11.1 Å². The number of piperidine rings is 1. The Kier molecular flexibility index (Phi) is 3.45. The number of thiophene rings is 1. The summed E-state index contributed by atoms with van der Waals surface area (Å²) >= 11 is 1.25. The number of amides is 2. The third-order valence-electron chi connectivity index (χ3n) is 5.17. The molecule has 2 saturated heterocycles. The fraction of sp³-hybridized carbons (Fsp3) is 0.500. The predicted octanol–water partition coefficient (Wildman–Crippen LogP) is 1.04. The Morgan fingerprint density at radius 2 is 2.21 bits per heavy atom. The number of aromatic nitrogens is 2. The van der Waals surface area contributed by atoms with Crippen molar-refractivity contribution in [1.29, 1.82) is 0 Å². The maximum absolute atomic E-state index is 12.9. The van der Waals surface area contributed by atoms with Crippen LogP contribution >= 0.6 is 11.3 Å². The van der Waals surface area contributed by atoms with Crippen LogP contribution < -0.4 is 10.9 Å². The van der Waals surface area contributed by atoms with Crippen LogP contribution in [0.4, 0.5) is 0 Å². The van der Waals surface area contributed by atoms with Crippen molar-refractivity contribution < 1.29 is 9.59 Å². The Bertz CT molecular complexity index is 902.